The monoisotopic (exact) mass is 380 g/mol. The zero-order chi connectivity index (χ0) is 15.5. The second kappa shape index (κ2) is 7.17. The van der Waals surface area contributed by atoms with Crippen LogP contribution in [-0.4, -0.2) is 45.9 Å². The predicted octanol–water partition coefficient (Wildman–Crippen LogP) is 3.74. The number of hydrogen-bond donors (Lipinski definition) is 0. The SMILES string of the molecule is CC(c1ccsc1)N1CCN(C(C)c2ncc(Br)cn2)CC1. The van der Waals surface area contributed by atoms with Crippen LogP contribution < -0.4 is 0 Å². The molecule has 1 aliphatic heterocycles. The van der Waals surface area contributed by atoms with E-state index >= 15 is 0 Å². The fraction of sp³-hybridized carbons (Fsp3) is 0.500. The summed E-state index contributed by atoms with van der Waals surface area (Å²) in [6.45, 7) is 8.82. The van der Waals surface area contributed by atoms with Crippen molar-refractivity contribution in [3.63, 3.8) is 0 Å². The zero-order valence-corrected chi connectivity index (χ0v) is 15.3. The summed E-state index contributed by atoms with van der Waals surface area (Å²) in [6.07, 6.45) is 3.65. The Hall–Kier alpha value is -0.820. The van der Waals surface area contributed by atoms with Gasteiger partial charge in [-0.1, -0.05) is 0 Å². The van der Waals surface area contributed by atoms with Crippen molar-refractivity contribution in [2.45, 2.75) is 25.9 Å². The van der Waals surface area contributed by atoms with E-state index in [0.29, 0.717) is 6.04 Å². The summed E-state index contributed by atoms with van der Waals surface area (Å²) >= 11 is 5.17. The maximum atomic E-state index is 4.44. The minimum atomic E-state index is 0.270. The molecule has 0 amide bonds. The fourth-order valence-corrected chi connectivity index (χ4v) is 3.89. The molecule has 1 fully saturated rings. The van der Waals surface area contributed by atoms with Gasteiger partial charge in [-0.2, -0.15) is 11.3 Å². The summed E-state index contributed by atoms with van der Waals surface area (Å²) in [5.74, 6) is 0.905. The Morgan fingerprint density at radius 2 is 1.64 bits per heavy atom. The summed E-state index contributed by atoms with van der Waals surface area (Å²) in [6, 6.07) is 3.01. The highest BCUT2D eigenvalue weighted by atomic mass is 79.9. The molecule has 0 bridgehead atoms. The average molecular weight is 381 g/mol. The summed E-state index contributed by atoms with van der Waals surface area (Å²) in [5.41, 5.74) is 1.43. The van der Waals surface area contributed by atoms with E-state index in [2.05, 4.69) is 66.4 Å². The third kappa shape index (κ3) is 3.56. The first-order chi connectivity index (χ1) is 10.6. The molecule has 6 heteroatoms. The lowest BCUT2D eigenvalue weighted by Crippen LogP contribution is -2.47. The number of piperazine rings is 1. The van der Waals surface area contributed by atoms with E-state index in [0.717, 1.165) is 36.5 Å². The first kappa shape index (κ1) is 16.1. The number of hydrogen-bond acceptors (Lipinski definition) is 5. The molecule has 0 saturated carbocycles. The van der Waals surface area contributed by atoms with Gasteiger partial charge in [0, 0.05) is 44.6 Å². The van der Waals surface area contributed by atoms with Gasteiger partial charge >= 0.3 is 0 Å². The maximum absolute atomic E-state index is 4.44. The van der Waals surface area contributed by atoms with Crippen LogP contribution in [0.3, 0.4) is 0 Å². The molecule has 3 heterocycles. The largest absolute Gasteiger partial charge is 0.294 e. The molecule has 2 atom stereocenters. The molecule has 118 valence electrons. The Morgan fingerprint density at radius 3 is 2.18 bits per heavy atom. The Morgan fingerprint density at radius 1 is 1.05 bits per heavy atom. The van der Waals surface area contributed by atoms with Crippen molar-refractivity contribution in [3.05, 3.63) is 45.1 Å². The Balaban J connectivity index is 1.58. The predicted molar refractivity (Wildman–Crippen MR) is 94.0 cm³/mol. The van der Waals surface area contributed by atoms with Gasteiger partial charge in [0.25, 0.3) is 0 Å². The molecule has 0 aliphatic carbocycles. The maximum Gasteiger partial charge on any atom is 0.145 e. The van der Waals surface area contributed by atoms with Crippen LogP contribution in [0, 0.1) is 0 Å². The number of halogens is 1. The van der Waals surface area contributed by atoms with Gasteiger partial charge in [0.15, 0.2) is 0 Å². The van der Waals surface area contributed by atoms with Crippen molar-refractivity contribution in [3.8, 4) is 0 Å². The molecule has 2 aromatic rings. The van der Waals surface area contributed by atoms with E-state index in [1.807, 2.05) is 12.4 Å². The van der Waals surface area contributed by atoms with Crippen molar-refractivity contribution in [2.75, 3.05) is 26.2 Å². The second-order valence-electron chi connectivity index (χ2n) is 5.74. The highest BCUT2D eigenvalue weighted by Gasteiger charge is 2.26. The molecule has 2 aromatic heterocycles. The number of rotatable bonds is 4. The lowest BCUT2D eigenvalue weighted by molar-refractivity contribution is 0.0759. The molecule has 1 saturated heterocycles. The summed E-state index contributed by atoms with van der Waals surface area (Å²) in [4.78, 5) is 13.9. The van der Waals surface area contributed by atoms with Crippen LogP contribution in [-0.2, 0) is 0 Å². The highest BCUT2D eigenvalue weighted by Crippen LogP contribution is 2.26. The molecular formula is C16H21BrN4S. The van der Waals surface area contributed by atoms with Crippen LogP contribution in [0.2, 0.25) is 0 Å². The van der Waals surface area contributed by atoms with Gasteiger partial charge in [0.05, 0.1) is 10.5 Å². The van der Waals surface area contributed by atoms with E-state index < -0.39 is 0 Å². The van der Waals surface area contributed by atoms with E-state index in [9.17, 15) is 0 Å². The Bertz CT molecular complexity index is 579. The van der Waals surface area contributed by atoms with Crippen molar-refractivity contribution >= 4 is 27.3 Å². The molecule has 4 nitrogen and oxygen atoms in total. The molecule has 3 rings (SSSR count). The van der Waals surface area contributed by atoms with Crippen LogP contribution in [0.5, 0.6) is 0 Å². The van der Waals surface area contributed by atoms with Crippen molar-refractivity contribution < 1.29 is 0 Å². The first-order valence-electron chi connectivity index (χ1n) is 7.63. The normalized spacial score (nSPS) is 20.0. The molecule has 2 unspecified atom stereocenters. The first-order valence-corrected chi connectivity index (χ1v) is 9.36. The van der Waals surface area contributed by atoms with Crippen molar-refractivity contribution in [2.24, 2.45) is 0 Å². The molecule has 1 aliphatic rings. The standard InChI is InChI=1S/C16H21BrN4S/c1-12(14-3-8-22-11-14)20-4-6-21(7-5-20)13(2)16-18-9-15(17)10-19-16/h3,8-13H,4-7H2,1-2H3. The van der Waals surface area contributed by atoms with Crippen LogP contribution >= 0.6 is 27.3 Å². The smallest absolute Gasteiger partial charge is 0.145 e. The molecule has 0 spiro atoms. The third-order valence-electron chi connectivity index (χ3n) is 4.48. The summed E-state index contributed by atoms with van der Waals surface area (Å²) < 4.78 is 0.929. The minimum absolute atomic E-state index is 0.270. The molecular weight excluding hydrogens is 360 g/mol. The number of thiophene rings is 1. The van der Waals surface area contributed by atoms with Gasteiger partial charge in [0.1, 0.15) is 5.82 Å². The topological polar surface area (TPSA) is 32.3 Å². The summed E-state index contributed by atoms with van der Waals surface area (Å²) in [5, 5.41) is 4.42. The highest BCUT2D eigenvalue weighted by molar-refractivity contribution is 9.10. The van der Waals surface area contributed by atoms with Gasteiger partial charge in [-0.15, -0.1) is 0 Å². The van der Waals surface area contributed by atoms with Crippen LogP contribution in [0.25, 0.3) is 0 Å². The Labute approximate surface area is 144 Å². The quantitative estimate of drug-likeness (QED) is 0.808. The van der Waals surface area contributed by atoms with Crippen molar-refractivity contribution in [1.82, 2.24) is 19.8 Å². The minimum Gasteiger partial charge on any atom is -0.294 e. The van der Waals surface area contributed by atoms with Crippen LogP contribution in [0.4, 0.5) is 0 Å². The van der Waals surface area contributed by atoms with Crippen LogP contribution in [0.1, 0.15) is 37.3 Å². The lowest BCUT2D eigenvalue weighted by atomic mass is 10.1. The number of aromatic nitrogens is 2. The fourth-order valence-electron chi connectivity index (χ4n) is 2.94. The van der Waals surface area contributed by atoms with E-state index in [1.165, 1.54) is 5.56 Å². The molecule has 0 N–H and O–H groups in total. The van der Waals surface area contributed by atoms with Gasteiger partial charge in [-0.3, -0.25) is 9.80 Å². The average Bonchev–Trinajstić information content (AvgIpc) is 3.09. The Kier molecular flexibility index (Phi) is 5.23. The summed E-state index contributed by atoms with van der Waals surface area (Å²) in [7, 11) is 0. The van der Waals surface area contributed by atoms with Gasteiger partial charge in [-0.25, -0.2) is 9.97 Å². The van der Waals surface area contributed by atoms with E-state index in [4.69, 9.17) is 0 Å². The van der Waals surface area contributed by atoms with Crippen LogP contribution in [0.15, 0.2) is 33.7 Å². The second-order valence-corrected chi connectivity index (χ2v) is 7.44. The van der Waals surface area contributed by atoms with Gasteiger partial charge < -0.3 is 0 Å². The molecule has 0 aromatic carbocycles. The van der Waals surface area contributed by atoms with Gasteiger partial charge in [0.2, 0.25) is 0 Å². The van der Waals surface area contributed by atoms with E-state index in [1.54, 1.807) is 11.3 Å². The van der Waals surface area contributed by atoms with Gasteiger partial charge in [-0.05, 0) is 52.2 Å². The molecule has 0 radical (unpaired) electrons. The number of nitrogens with zero attached hydrogens (tertiary/aromatic N) is 4. The zero-order valence-electron chi connectivity index (χ0n) is 12.9. The van der Waals surface area contributed by atoms with Crippen molar-refractivity contribution in [1.29, 1.82) is 0 Å². The lowest BCUT2D eigenvalue weighted by Gasteiger charge is -2.40. The van der Waals surface area contributed by atoms with E-state index in [-0.39, 0.29) is 6.04 Å². The molecule has 22 heavy (non-hydrogen) atoms. The third-order valence-corrected chi connectivity index (χ3v) is 5.59.